The van der Waals surface area contributed by atoms with Crippen LogP contribution in [0.4, 0.5) is 4.79 Å². The molecule has 0 spiro atoms. The van der Waals surface area contributed by atoms with Crippen molar-refractivity contribution in [3.05, 3.63) is 41.1 Å². The second kappa shape index (κ2) is 6.89. The molecule has 0 atom stereocenters. The number of urea groups is 1. The van der Waals surface area contributed by atoms with Crippen LogP contribution in [0, 0.1) is 6.92 Å². The van der Waals surface area contributed by atoms with E-state index in [4.69, 9.17) is 5.73 Å². The molecule has 0 fully saturated rings. The van der Waals surface area contributed by atoms with Crippen molar-refractivity contribution in [3.63, 3.8) is 0 Å². The minimum atomic E-state index is -0.727. The van der Waals surface area contributed by atoms with Gasteiger partial charge in [0.1, 0.15) is 6.03 Å². The predicted molar refractivity (Wildman–Crippen MR) is 61.9 cm³/mol. The fraction of sp³-hybridized carbons (Fsp3) is 0.417. The summed E-state index contributed by atoms with van der Waals surface area (Å²) in [6, 6.07) is 7.51. The fourth-order valence-corrected chi connectivity index (χ4v) is 1.41. The average molecular weight is 291 g/mol. The van der Waals surface area contributed by atoms with Crippen LogP contribution in [0.1, 0.15) is 25.0 Å². The number of carbonyl (C=O) groups excluding carboxylic acids is 1. The monoisotopic (exact) mass is 290 g/mol. The molecule has 1 aromatic carbocycles. The molecule has 82 valence electrons. The molecular formula is C12H17N2ORb. The normalized spacial score (nSPS) is 10.4. The predicted octanol–water partition coefficient (Wildman–Crippen LogP) is 0.0384. The molecule has 0 radical (unpaired) electrons. The van der Waals surface area contributed by atoms with Crippen molar-refractivity contribution in [1.29, 1.82) is 0 Å². The van der Waals surface area contributed by atoms with E-state index in [1.807, 2.05) is 20.8 Å². The molecule has 2 N–H and O–H groups in total. The van der Waals surface area contributed by atoms with E-state index >= 15 is 0 Å². The summed E-state index contributed by atoms with van der Waals surface area (Å²) in [6.45, 7) is 6.63. The third-order valence-electron chi connectivity index (χ3n) is 2.52. The van der Waals surface area contributed by atoms with Crippen LogP contribution < -0.4 is 63.5 Å². The molecular weight excluding hydrogens is 274 g/mol. The molecule has 0 aliphatic carbocycles. The van der Waals surface area contributed by atoms with Gasteiger partial charge in [-0.2, -0.15) is 0 Å². The van der Waals surface area contributed by atoms with Gasteiger partial charge in [0.25, 0.3) is 0 Å². The smallest absolute Gasteiger partial charge is 0.449 e. The van der Waals surface area contributed by atoms with Crippen LogP contribution >= 0.6 is 0 Å². The number of carbonyl (C=O) groups is 1. The number of rotatable bonds is 3. The van der Waals surface area contributed by atoms with E-state index in [2.05, 4.69) is 29.6 Å². The largest absolute Gasteiger partial charge is 1.00 e. The van der Waals surface area contributed by atoms with Gasteiger partial charge in [0.15, 0.2) is 0 Å². The van der Waals surface area contributed by atoms with Gasteiger partial charge in [-0.05, 0) is 24.4 Å². The van der Waals surface area contributed by atoms with Gasteiger partial charge in [-0.15, -0.1) is 0 Å². The maximum Gasteiger partial charge on any atom is 1.00 e. The van der Waals surface area contributed by atoms with Crippen LogP contribution in [0.2, 0.25) is 0 Å². The van der Waals surface area contributed by atoms with Crippen LogP contribution in [0.5, 0.6) is 0 Å². The van der Waals surface area contributed by atoms with E-state index in [9.17, 15) is 4.79 Å². The Morgan fingerprint density at radius 1 is 1.31 bits per heavy atom. The topological polar surface area (TPSA) is 52.9 Å². The number of nitrogens with one attached hydrogen (secondary N) is 2. The summed E-state index contributed by atoms with van der Waals surface area (Å²) in [7, 11) is 0. The fourth-order valence-electron chi connectivity index (χ4n) is 1.41. The third kappa shape index (κ3) is 5.08. The molecule has 3 nitrogen and oxygen atoms in total. The second-order valence-corrected chi connectivity index (χ2v) is 4.43. The Bertz CT molecular complexity index is 347. The maximum absolute atomic E-state index is 10.5. The molecule has 0 saturated carbocycles. The Kier molecular flexibility index (Phi) is 7.02. The van der Waals surface area contributed by atoms with Gasteiger partial charge in [0.05, 0.1) is 0 Å². The van der Waals surface area contributed by atoms with Gasteiger partial charge in [-0.3, -0.25) is 4.79 Å². The van der Waals surface area contributed by atoms with Crippen LogP contribution in [0.15, 0.2) is 24.3 Å². The van der Waals surface area contributed by atoms with E-state index in [1.165, 1.54) is 11.1 Å². The number of hydrogen-bond acceptors (Lipinski definition) is 1. The van der Waals surface area contributed by atoms with E-state index in [0.717, 1.165) is 0 Å². The van der Waals surface area contributed by atoms with Crippen LogP contribution in [-0.2, 0) is 5.41 Å². The summed E-state index contributed by atoms with van der Waals surface area (Å²) in [5, 5.41) is 2.53. The molecule has 16 heavy (non-hydrogen) atoms. The Balaban J connectivity index is 0.00000225. The zero-order valence-corrected chi connectivity index (χ0v) is 15.3. The van der Waals surface area contributed by atoms with Gasteiger partial charge in [-0.1, -0.05) is 43.7 Å². The molecule has 0 aromatic heterocycles. The molecule has 0 aliphatic heterocycles. The van der Waals surface area contributed by atoms with Gasteiger partial charge < -0.3 is 11.1 Å². The number of aryl methyl sites for hydroxylation is 1. The summed E-state index contributed by atoms with van der Waals surface area (Å²) in [5.41, 5.74) is 9.06. The van der Waals surface area contributed by atoms with Crippen molar-refractivity contribution in [2.45, 2.75) is 26.2 Å². The van der Waals surface area contributed by atoms with E-state index in [1.54, 1.807) is 0 Å². The summed E-state index contributed by atoms with van der Waals surface area (Å²) in [6.07, 6.45) is 0. The van der Waals surface area contributed by atoms with Crippen molar-refractivity contribution in [2.24, 2.45) is 0 Å². The Morgan fingerprint density at radius 3 is 2.25 bits per heavy atom. The molecule has 0 bridgehead atoms. The molecule has 0 heterocycles. The first-order valence-corrected chi connectivity index (χ1v) is 4.98. The Labute approximate surface area is 146 Å². The van der Waals surface area contributed by atoms with Crippen LogP contribution in [0.25, 0.3) is 5.73 Å². The van der Waals surface area contributed by atoms with Gasteiger partial charge in [-0.25, -0.2) is 0 Å². The molecule has 2 amide bonds. The molecule has 0 unspecified atom stereocenters. The van der Waals surface area contributed by atoms with Gasteiger partial charge in [0.2, 0.25) is 0 Å². The number of hydrogen-bond donors (Lipinski definition) is 1. The summed E-state index contributed by atoms with van der Waals surface area (Å²) in [5.74, 6) is 0. The maximum atomic E-state index is 10.5. The molecule has 0 aliphatic rings. The first-order chi connectivity index (χ1) is 6.92. The summed E-state index contributed by atoms with van der Waals surface area (Å²) >= 11 is 0. The minimum Gasteiger partial charge on any atom is -0.449 e. The van der Waals surface area contributed by atoms with Crippen LogP contribution in [-0.4, -0.2) is 12.6 Å². The average Bonchev–Trinajstić information content (AvgIpc) is 2.16. The third-order valence-corrected chi connectivity index (χ3v) is 2.52. The molecule has 1 rings (SSSR count). The summed E-state index contributed by atoms with van der Waals surface area (Å²) < 4.78 is 0. The molecule has 0 saturated heterocycles. The van der Waals surface area contributed by atoms with Crippen molar-refractivity contribution < 1.29 is 63.0 Å². The first-order valence-electron chi connectivity index (χ1n) is 4.98. The summed E-state index contributed by atoms with van der Waals surface area (Å²) in [4.78, 5) is 10.5. The second-order valence-electron chi connectivity index (χ2n) is 4.43. The van der Waals surface area contributed by atoms with Crippen molar-refractivity contribution >= 4 is 6.03 Å². The molecule has 4 heteroatoms. The Hall–Kier alpha value is 0.295. The van der Waals surface area contributed by atoms with Crippen molar-refractivity contribution in [2.75, 3.05) is 6.54 Å². The zero-order chi connectivity index (χ0) is 11.5. The van der Waals surface area contributed by atoms with Gasteiger partial charge in [0, 0.05) is 0 Å². The van der Waals surface area contributed by atoms with E-state index in [0.29, 0.717) is 6.54 Å². The standard InChI is InChI=1S/C12H18N2O.Rb/c1-9-4-6-10(7-5-9)12(2,3)8-14-11(13)15;/h4-7H,8H2,1-3H3,(H3,13,14,15);/q;+1/p-1. The minimum absolute atomic E-state index is 0. The SMILES string of the molecule is Cc1ccc(C(C)(C)CNC([NH-])=O)cc1.[Rb+]. The zero-order valence-electron chi connectivity index (χ0n) is 10.4. The van der Waals surface area contributed by atoms with Crippen molar-refractivity contribution in [1.82, 2.24) is 5.32 Å². The number of amides is 2. The quantitative estimate of drug-likeness (QED) is 0.840. The first kappa shape index (κ1) is 16.3. The molecule has 1 aromatic rings. The van der Waals surface area contributed by atoms with E-state index < -0.39 is 6.03 Å². The van der Waals surface area contributed by atoms with Crippen LogP contribution in [0.3, 0.4) is 0 Å². The Morgan fingerprint density at radius 2 is 1.81 bits per heavy atom. The number of benzene rings is 1. The van der Waals surface area contributed by atoms with E-state index in [-0.39, 0.29) is 63.6 Å². The van der Waals surface area contributed by atoms with Crippen molar-refractivity contribution in [3.8, 4) is 0 Å². The van der Waals surface area contributed by atoms with Gasteiger partial charge >= 0.3 is 58.2 Å².